The molecular weight excluding hydrogens is 440 g/mol. The number of carbonyl (C=O) groups is 3. The van der Waals surface area contributed by atoms with Crippen molar-refractivity contribution in [3.8, 4) is 0 Å². The first-order valence-electron chi connectivity index (χ1n) is 12.7. The first-order chi connectivity index (χ1) is 16.0. The average molecular weight is 479 g/mol. The molecule has 4 fully saturated rings. The zero-order valence-electron chi connectivity index (χ0n) is 19.7. The molecule has 0 aromatic heterocycles. The van der Waals surface area contributed by atoms with Crippen LogP contribution in [0.1, 0.15) is 64.7 Å². The number of aliphatic hydroxyl groups excluding tert-OH is 1. The number of fused-ring (bicyclic) bond motifs is 1. The van der Waals surface area contributed by atoms with Crippen molar-refractivity contribution in [2.75, 3.05) is 26.3 Å². The molecule has 2 bridgehead atoms. The van der Waals surface area contributed by atoms with Gasteiger partial charge in [-0.15, -0.1) is 18.3 Å². The average Bonchev–Trinajstić information content (AvgIpc) is 3.46. The van der Waals surface area contributed by atoms with Crippen LogP contribution in [0.25, 0.3) is 0 Å². The van der Waals surface area contributed by atoms with E-state index >= 15 is 0 Å². The number of ether oxygens (including phenoxy) is 1. The van der Waals surface area contributed by atoms with Crippen LogP contribution in [-0.4, -0.2) is 81.1 Å². The quantitative estimate of drug-likeness (QED) is 0.295. The summed E-state index contributed by atoms with van der Waals surface area (Å²) in [6, 6.07) is -0.386. The minimum Gasteiger partial charge on any atom is -0.466 e. The number of nitrogens with zero attached hydrogens (tertiary/aromatic N) is 2. The lowest BCUT2D eigenvalue weighted by Crippen LogP contribution is -2.57. The Morgan fingerprint density at radius 2 is 2.03 bits per heavy atom. The largest absolute Gasteiger partial charge is 0.466 e. The van der Waals surface area contributed by atoms with Gasteiger partial charge in [0, 0.05) is 31.0 Å². The maximum Gasteiger partial charge on any atom is 0.310 e. The number of carbonyl (C=O) groups excluding carboxylic acids is 3. The minimum absolute atomic E-state index is 0.0132. The standard InChI is InChI=1S/C25H38N2O5S/c1-3-14-26(17-10-6-5-7-11-17)23(30)21-25-13-12-18(33-25)19(24(31)32-4-2)20(25)22(29)27(21)15-8-9-16-28/h3,17-21,28H,1,4-16H2,2H3/t18-,19+,20-,21?,25?/m0/s1. The lowest BCUT2D eigenvalue weighted by Gasteiger charge is -2.41. The summed E-state index contributed by atoms with van der Waals surface area (Å²) in [6.07, 6.45) is 10.0. The van der Waals surface area contributed by atoms with E-state index in [0.29, 0.717) is 25.9 Å². The number of likely N-dealkylation sites (tertiary alicyclic amines) is 1. The summed E-state index contributed by atoms with van der Waals surface area (Å²) in [5.41, 5.74) is 0. The summed E-state index contributed by atoms with van der Waals surface area (Å²) in [5, 5.41) is 9.33. The molecule has 0 aromatic rings. The van der Waals surface area contributed by atoms with Crippen molar-refractivity contribution in [1.82, 2.24) is 9.80 Å². The summed E-state index contributed by atoms with van der Waals surface area (Å²) in [4.78, 5) is 44.7. The highest BCUT2D eigenvalue weighted by Gasteiger charge is 2.74. The van der Waals surface area contributed by atoms with Crippen LogP contribution in [0.2, 0.25) is 0 Å². The maximum absolute atomic E-state index is 14.3. The highest BCUT2D eigenvalue weighted by Crippen LogP contribution is 2.66. The number of thioether (sulfide) groups is 1. The second-order valence-corrected chi connectivity index (χ2v) is 11.4. The lowest BCUT2D eigenvalue weighted by molar-refractivity contribution is -0.153. The van der Waals surface area contributed by atoms with E-state index in [1.54, 1.807) is 29.7 Å². The number of unbranched alkanes of at least 4 members (excludes halogenated alkanes) is 1. The Morgan fingerprint density at radius 1 is 1.27 bits per heavy atom. The van der Waals surface area contributed by atoms with E-state index < -0.39 is 22.6 Å². The predicted molar refractivity (Wildman–Crippen MR) is 128 cm³/mol. The first-order valence-corrected chi connectivity index (χ1v) is 13.5. The van der Waals surface area contributed by atoms with E-state index in [1.165, 1.54) is 6.42 Å². The molecule has 2 amide bonds. The molecule has 33 heavy (non-hydrogen) atoms. The van der Waals surface area contributed by atoms with Crippen LogP contribution in [0.5, 0.6) is 0 Å². The number of amides is 2. The molecule has 3 heterocycles. The van der Waals surface area contributed by atoms with Gasteiger partial charge in [0.05, 0.1) is 23.2 Å². The number of aliphatic hydroxyl groups is 1. The van der Waals surface area contributed by atoms with Gasteiger partial charge in [-0.1, -0.05) is 25.3 Å². The van der Waals surface area contributed by atoms with Crippen molar-refractivity contribution in [3.05, 3.63) is 12.7 Å². The Balaban J connectivity index is 1.68. The van der Waals surface area contributed by atoms with Gasteiger partial charge in [0.25, 0.3) is 0 Å². The van der Waals surface area contributed by atoms with E-state index in [1.807, 2.05) is 4.90 Å². The summed E-state index contributed by atoms with van der Waals surface area (Å²) >= 11 is 1.69. The maximum atomic E-state index is 14.3. The third-order valence-corrected chi connectivity index (χ3v) is 9.98. The van der Waals surface area contributed by atoms with Crippen molar-refractivity contribution in [2.45, 2.75) is 86.8 Å². The fraction of sp³-hybridized carbons (Fsp3) is 0.800. The van der Waals surface area contributed by atoms with Crippen molar-refractivity contribution < 1.29 is 24.2 Å². The molecule has 3 saturated heterocycles. The van der Waals surface area contributed by atoms with E-state index in [-0.39, 0.29) is 42.3 Å². The zero-order valence-corrected chi connectivity index (χ0v) is 20.6. The molecule has 1 N–H and O–H groups in total. The molecule has 1 aliphatic carbocycles. The Hall–Kier alpha value is -1.54. The number of hydrogen-bond donors (Lipinski definition) is 1. The topological polar surface area (TPSA) is 87.2 Å². The number of hydrogen-bond acceptors (Lipinski definition) is 6. The molecule has 3 aliphatic heterocycles. The highest BCUT2D eigenvalue weighted by molar-refractivity contribution is 8.02. The number of rotatable bonds is 10. The molecule has 2 unspecified atom stereocenters. The van der Waals surface area contributed by atoms with Crippen molar-refractivity contribution in [3.63, 3.8) is 0 Å². The smallest absolute Gasteiger partial charge is 0.310 e. The monoisotopic (exact) mass is 478 g/mol. The van der Waals surface area contributed by atoms with Crippen molar-refractivity contribution >= 4 is 29.5 Å². The van der Waals surface area contributed by atoms with Crippen LogP contribution >= 0.6 is 11.8 Å². The Kier molecular flexibility index (Phi) is 7.73. The summed E-state index contributed by atoms with van der Waals surface area (Å²) < 4.78 is 4.81. The molecule has 1 saturated carbocycles. The van der Waals surface area contributed by atoms with Gasteiger partial charge < -0.3 is 19.6 Å². The fourth-order valence-electron chi connectivity index (χ4n) is 6.68. The van der Waals surface area contributed by atoms with Gasteiger partial charge in [-0.25, -0.2) is 0 Å². The SMILES string of the molecule is C=CCN(C(=O)C1N(CCCCO)C(=O)[C@@H]2[C@H](C(=O)OCC)[C@@H]3CCC12S3)C1CCCCC1. The van der Waals surface area contributed by atoms with Crippen LogP contribution in [-0.2, 0) is 19.1 Å². The Bertz CT molecular complexity index is 770. The van der Waals surface area contributed by atoms with E-state index in [4.69, 9.17) is 4.74 Å². The van der Waals surface area contributed by atoms with E-state index in [2.05, 4.69) is 6.58 Å². The molecule has 1 spiro atoms. The lowest BCUT2D eigenvalue weighted by atomic mass is 9.71. The second kappa shape index (κ2) is 10.4. The summed E-state index contributed by atoms with van der Waals surface area (Å²) in [6.45, 7) is 6.95. The zero-order chi connectivity index (χ0) is 23.6. The Morgan fingerprint density at radius 3 is 2.70 bits per heavy atom. The van der Waals surface area contributed by atoms with Crippen LogP contribution in [0.4, 0.5) is 0 Å². The second-order valence-electron chi connectivity index (χ2n) is 9.84. The van der Waals surface area contributed by atoms with Crippen LogP contribution in [0.3, 0.4) is 0 Å². The number of esters is 1. The highest BCUT2D eigenvalue weighted by atomic mass is 32.2. The van der Waals surface area contributed by atoms with Gasteiger partial charge in [0.2, 0.25) is 11.8 Å². The molecular formula is C25H38N2O5S. The molecule has 8 heteroatoms. The molecule has 5 atom stereocenters. The fourth-order valence-corrected chi connectivity index (χ4v) is 8.88. The molecule has 0 radical (unpaired) electrons. The molecule has 4 aliphatic rings. The molecule has 184 valence electrons. The molecule has 4 rings (SSSR count). The van der Waals surface area contributed by atoms with Gasteiger partial charge in [-0.3, -0.25) is 14.4 Å². The molecule has 0 aromatic carbocycles. The van der Waals surface area contributed by atoms with Gasteiger partial charge in [-0.05, 0) is 45.4 Å². The van der Waals surface area contributed by atoms with Crippen LogP contribution in [0.15, 0.2) is 12.7 Å². The van der Waals surface area contributed by atoms with Gasteiger partial charge >= 0.3 is 5.97 Å². The van der Waals surface area contributed by atoms with Gasteiger partial charge in [-0.2, -0.15) is 0 Å². The van der Waals surface area contributed by atoms with Crippen molar-refractivity contribution in [1.29, 1.82) is 0 Å². The van der Waals surface area contributed by atoms with E-state index in [9.17, 15) is 19.5 Å². The van der Waals surface area contributed by atoms with Crippen molar-refractivity contribution in [2.24, 2.45) is 11.8 Å². The van der Waals surface area contributed by atoms with Crippen LogP contribution < -0.4 is 0 Å². The van der Waals surface area contributed by atoms with Crippen LogP contribution in [0, 0.1) is 11.8 Å². The van der Waals surface area contributed by atoms with Gasteiger partial charge in [0.1, 0.15) is 6.04 Å². The summed E-state index contributed by atoms with van der Waals surface area (Å²) in [7, 11) is 0. The Labute approximate surface area is 201 Å². The predicted octanol–water partition coefficient (Wildman–Crippen LogP) is 2.76. The molecule has 7 nitrogen and oxygen atoms in total. The third kappa shape index (κ3) is 4.22. The third-order valence-electron chi connectivity index (χ3n) is 8.02. The van der Waals surface area contributed by atoms with E-state index in [0.717, 1.165) is 38.5 Å². The first kappa shape index (κ1) is 24.6. The summed E-state index contributed by atoms with van der Waals surface area (Å²) in [5.74, 6) is -1.34. The van der Waals surface area contributed by atoms with Gasteiger partial charge in [0.15, 0.2) is 0 Å². The minimum atomic E-state index is -0.566. The normalized spacial score (nSPS) is 33.3.